The van der Waals surface area contributed by atoms with Crippen LogP contribution in [0.3, 0.4) is 0 Å². The Kier molecular flexibility index (Phi) is 3.93. The molecule has 0 aliphatic carbocycles. The molecule has 0 saturated heterocycles. The van der Waals surface area contributed by atoms with Crippen LogP contribution in [0.2, 0.25) is 0 Å². The summed E-state index contributed by atoms with van der Waals surface area (Å²) in [5.41, 5.74) is 0. The number of rotatable bonds is 5. The molecule has 13 heavy (non-hydrogen) atoms. The van der Waals surface area contributed by atoms with Gasteiger partial charge in [0.2, 0.25) is 0 Å². The zero-order valence-electron chi connectivity index (χ0n) is 8.88. The Labute approximate surface area is 80.2 Å². The van der Waals surface area contributed by atoms with Crippen molar-refractivity contribution in [1.29, 1.82) is 0 Å². The zero-order valence-corrected chi connectivity index (χ0v) is 8.88. The van der Waals surface area contributed by atoms with Gasteiger partial charge in [-0.3, -0.25) is 0 Å². The first-order valence-electron chi connectivity index (χ1n) is 5.18. The molecule has 0 N–H and O–H groups in total. The van der Waals surface area contributed by atoms with Crippen LogP contribution < -0.4 is 0 Å². The van der Waals surface area contributed by atoms with E-state index in [0.29, 0.717) is 0 Å². The first kappa shape index (κ1) is 10.2. The van der Waals surface area contributed by atoms with Gasteiger partial charge < -0.3 is 0 Å². The fourth-order valence-corrected chi connectivity index (χ4v) is 1.39. The second-order valence-corrected chi connectivity index (χ2v) is 3.40. The standard InChI is InChI=1S/C10H19N3/c1-4-6-8-13-10(7-5-2)11-9(3)12-13/h4-8H2,1-3H3. The van der Waals surface area contributed by atoms with Crippen molar-refractivity contribution in [3.05, 3.63) is 11.6 Å². The van der Waals surface area contributed by atoms with E-state index in [1.54, 1.807) is 0 Å². The van der Waals surface area contributed by atoms with Gasteiger partial charge in [0.05, 0.1) is 0 Å². The maximum atomic E-state index is 4.41. The van der Waals surface area contributed by atoms with Gasteiger partial charge in [0, 0.05) is 13.0 Å². The van der Waals surface area contributed by atoms with E-state index in [2.05, 4.69) is 28.6 Å². The molecule has 3 heteroatoms. The molecular weight excluding hydrogens is 162 g/mol. The summed E-state index contributed by atoms with van der Waals surface area (Å²) in [7, 11) is 0. The van der Waals surface area contributed by atoms with Crippen molar-refractivity contribution in [3.8, 4) is 0 Å². The molecule has 1 heterocycles. The van der Waals surface area contributed by atoms with Gasteiger partial charge in [-0.05, 0) is 19.8 Å². The van der Waals surface area contributed by atoms with E-state index in [9.17, 15) is 0 Å². The predicted octanol–water partition coefficient (Wildman–Crippen LogP) is 2.34. The highest BCUT2D eigenvalue weighted by molar-refractivity contribution is 4.91. The molecule has 0 aromatic carbocycles. The molecule has 1 aromatic rings. The molecule has 1 rings (SSSR count). The van der Waals surface area contributed by atoms with Gasteiger partial charge >= 0.3 is 0 Å². The Morgan fingerprint density at radius 3 is 2.62 bits per heavy atom. The Balaban J connectivity index is 2.66. The summed E-state index contributed by atoms with van der Waals surface area (Å²) in [6.45, 7) is 7.35. The van der Waals surface area contributed by atoms with E-state index in [0.717, 1.165) is 31.0 Å². The number of aromatic nitrogens is 3. The topological polar surface area (TPSA) is 30.7 Å². The van der Waals surface area contributed by atoms with E-state index in [1.807, 2.05) is 6.92 Å². The quantitative estimate of drug-likeness (QED) is 0.698. The Hall–Kier alpha value is -0.860. The highest BCUT2D eigenvalue weighted by atomic mass is 15.3. The number of aryl methyl sites for hydroxylation is 3. The monoisotopic (exact) mass is 181 g/mol. The van der Waals surface area contributed by atoms with Crippen LogP contribution in [0.4, 0.5) is 0 Å². The van der Waals surface area contributed by atoms with Crippen LogP contribution in [0.15, 0.2) is 0 Å². The highest BCUT2D eigenvalue weighted by Crippen LogP contribution is 2.03. The fourth-order valence-electron chi connectivity index (χ4n) is 1.39. The summed E-state index contributed by atoms with van der Waals surface area (Å²) in [6, 6.07) is 0. The molecule has 0 bridgehead atoms. The Morgan fingerprint density at radius 1 is 1.23 bits per heavy atom. The molecule has 0 atom stereocenters. The molecule has 0 fully saturated rings. The largest absolute Gasteiger partial charge is 0.250 e. The van der Waals surface area contributed by atoms with Crippen LogP contribution in [-0.2, 0) is 13.0 Å². The van der Waals surface area contributed by atoms with E-state index >= 15 is 0 Å². The van der Waals surface area contributed by atoms with Crippen LogP contribution in [0.5, 0.6) is 0 Å². The molecular formula is C10H19N3. The van der Waals surface area contributed by atoms with E-state index in [-0.39, 0.29) is 0 Å². The van der Waals surface area contributed by atoms with Crippen molar-refractivity contribution in [2.75, 3.05) is 0 Å². The summed E-state index contributed by atoms with van der Waals surface area (Å²) in [6.07, 6.45) is 4.60. The summed E-state index contributed by atoms with van der Waals surface area (Å²) in [5, 5.41) is 4.37. The minimum atomic E-state index is 0.902. The lowest BCUT2D eigenvalue weighted by molar-refractivity contribution is 0.540. The molecule has 74 valence electrons. The lowest BCUT2D eigenvalue weighted by Crippen LogP contribution is -2.05. The molecule has 0 amide bonds. The zero-order chi connectivity index (χ0) is 9.68. The van der Waals surface area contributed by atoms with Crippen LogP contribution in [0.25, 0.3) is 0 Å². The average molecular weight is 181 g/mol. The van der Waals surface area contributed by atoms with Crippen molar-refractivity contribution in [2.24, 2.45) is 0 Å². The summed E-state index contributed by atoms with van der Waals surface area (Å²) < 4.78 is 2.06. The predicted molar refractivity (Wildman–Crippen MR) is 53.7 cm³/mol. The van der Waals surface area contributed by atoms with E-state index < -0.39 is 0 Å². The molecule has 0 unspecified atom stereocenters. The van der Waals surface area contributed by atoms with E-state index in [1.165, 1.54) is 12.8 Å². The normalized spacial score (nSPS) is 10.7. The smallest absolute Gasteiger partial charge is 0.147 e. The average Bonchev–Trinajstić information content (AvgIpc) is 2.44. The minimum absolute atomic E-state index is 0.902. The van der Waals surface area contributed by atoms with Crippen LogP contribution in [0, 0.1) is 6.92 Å². The van der Waals surface area contributed by atoms with Crippen molar-refractivity contribution < 1.29 is 0 Å². The maximum absolute atomic E-state index is 4.41. The van der Waals surface area contributed by atoms with Crippen molar-refractivity contribution in [2.45, 2.75) is 53.0 Å². The summed E-state index contributed by atoms with van der Waals surface area (Å²) >= 11 is 0. The van der Waals surface area contributed by atoms with Crippen LogP contribution >= 0.6 is 0 Å². The third-order valence-corrected chi connectivity index (χ3v) is 2.05. The van der Waals surface area contributed by atoms with Gasteiger partial charge in [0.25, 0.3) is 0 Å². The van der Waals surface area contributed by atoms with E-state index in [4.69, 9.17) is 0 Å². The molecule has 0 spiro atoms. The summed E-state index contributed by atoms with van der Waals surface area (Å²) in [4.78, 5) is 4.41. The number of hydrogen-bond donors (Lipinski definition) is 0. The number of nitrogens with zero attached hydrogens (tertiary/aromatic N) is 3. The second-order valence-electron chi connectivity index (χ2n) is 3.40. The molecule has 3 nitrogen and oxygen atoms in total. The minimum Gasteiger partial charge on any atom is -0.250 e. The van der Waals surface area contributed by atoms with Gasteiger partial charge in [0.15, 0.2) is 0 Å². The van der Waals surface area contributed by atoms with Gasteiger partial charge in [-0.1, -0.05) is 20.3 Å². The third kappa shape index (κ3) is 2.83. The molecule has 0 aliphatic rings. The van der Waals surface area contributed by atoms with Crippen LogP contribution in [0.1, 0.15) is 44.8 Å². The Morgan fingerprint density at radius 2 is 2.00 bits per heavy atom. The van der Waals surface area contributed by atoms with Crippen molar-refractivity contribution >= 4 is 0 Å². The van der Waals surface area contributed by atoms with Gasteiger partial charge in [-0.15, -0.1) is 0 Å². The SMILES string of the molecule is CCCCn1nc(C)nc1CCC. The highest BCUT2D eigenvalue weighted by Gasteiger charge is 2.04. The maximum Gasteiger partial charge on any atom is 0.147 e. The van der Waals surface area contributed by atoms with Gasteiger partial charge in [-0.2, -0.15) is 5.10 Å². The number of unbranched alkanes of at least 4 members (excludes halogenated alkanes) is 1. The summed E-state index contributed by atoms with van der Waals surface area (Å²) in [5.74, 6) is 2.05. The van der Waals surface area contributed by atoms with Gasteiger partial charge in [-0.25, -0.2) is 9.67 Å². The third-order valence-electron chi connectivity index (χ3n) is 2.05. The number of hydrogen-bond acceptors (Lipinski definition) is 2. The molecule has 0 saturated carbocycles. The van der Waals surface area contributed by atoms with Crippen molar-refractivity contribution in [1.82, 2.24) is 14.8 Å². The van der Waals surface area contributed by atoms with Gasteiger partial charge in [0.1, 0.15) is 11.6 Å². The second kappa shape index (κ2) is 5.00. The first-order chi connectivity index (χ1) is 6.27. The molecule has 0 aliphatic heterocycles. The molecule has 0 radical (unpaired) electrons. The Bertz CT molecular complexity index is 253. The lowest BCUT2D eigenvalue weighted by Gasteiger charge is -2.02. The lowest BCUT2D eigenvalue weighted by atomic mass is 10.3. The van der Waals surface area contributed by atoms with Crippen LogP contribution in [-0.4, -0.2) is 14.8 Å². The molecule has 1 aromatic heterocycles. The first-order valence-corrected chi connectivity index (χ1v) is 5.18. The van der Waals surface area contributed by atoms with Crippen molar-refractivity contribution in [3.63, 3.8) is 0 Å². The fraction of sp³-hybridized carbons (Fsp3) is 0.800.